The van der Waals surface area contributed by atoms with Gasteiger partial charge in [-0.25, -0.2) is 4.39 Å². The summed E-state index contributed by atoms with van der Waals surface area (Å²) in [6.45, 7) is 3.15. The number of anilines is 1. The third-order valence-electron chi connectivity index (χ3n) is 2.49. The van der Waals surface area contributed by atoms with Crippen molar-refractivity contribution in [1.82, 2.24) is 10.6 Å². The second-order valence-electron chi connectivity index (χ2n) is 4.34. The molecule has 110 valence electrons. The number of hydrogen-bond donors (Lipinski definition) is 3. The van der Waals surface area contributed by atoms with E-state index in [-0.39, 0.29) is 18.4 Å². The Morgan fingerprint density at radius 2 is 2.00 bits per heavy atom. The topological polar surface area (TPSA) is 70.2 Å². The molecule has 1 rings (SSSR count). The second kappa shape index (κ2) is 9.03. The van der Waals surface area contributed by atoms with Crippen molar-refractivity contribution in [3.05, 3.63) is 30.1 Å². The lowest BCUT2D eigenvalue weighted by Crippen LogP contribution is -2.32. The molecule has 0 spiro atoms. The first-order valence-electron chi connectivity index (χ1n) is 6.64. The maximum atomic E-state index is 12.9. The van der Waals surface area contributed by atoms with Crippen LogP contribution in [0.5, 0.6) is 0 Å². The van der Waals surface area contributed by atoms with Crippen molar-refractivity contribution in [2.45, 2.75) is 19.8 Å². The summed E-state index contributed by atoms with van der Waals surface area (Å²) in [6, 6.07) is 5.69. The third-order valence-corrected chi connectivity index (χ3v) is 2.49. The molecule has 0 bridgehead atoms. The van der Waals surface area contributed by atoms with Gasteiger partial charge in [-0.1, -0.05) is 13.0 Å². The van der Waals surface area contributed by atoms with Crippen LogP contribution in [0, 0.1) is 5.82 Å². The highest BCUT2D eigenvalue weighted by Crippen LogP contribution is 2.08. The molecule has 0 saturated heterocycles. The highest BCUT2D eigenvalue weighted by atomic mass is 19.1. The van der Waals surface area contributed by atoms with Crippen molar-refractivity contribution in [2.24, 2.45) is 0 Å². The van der Waals surface area contributed by atoms with E-state index in [1.807, 2.05) is 6.92 Å². The minimum absolute atomic E-state index is 0.0371. The maximum Gasteiger partial charge on any atom is 0.238 e. The van der Waals surface area contributed by atoms with Crippen molar-refractivity contribution < 1.29 is 14.0 Å². The Morgan fingerprint density at radius 3 is 2.70 bits per heavy atom. The van der Waals surface area contributed by atoms with Gasteiger partial charge in [-0.05, 0) is 24.6 Å². The summed E-state index contributed by atoms with van der Waals surface area (Å²) in [4.78, 5) is 22.8. The summed E-state index contributed by atoms with van der Waals surface area (Å²) >= 11 is 0. The Labute approximate surface area is 117 Å². The molecular formula is C14H20FN3O2. The molecule has 2 amide bonds. The van der Waals surface area contributed by atoms with E-state index in [2.05, 4.69) is 16.0 Å². The Bertz CT molecular complexity index is 452. The minimum Gasteiger partial charge on any atom is -0.356 e. The number of nitrogens with one attached hydrogen (secondary N) is 3. The van der Waals surface area contributed by atoms with E-state index in [1.54, 1.807) is 6.07 Å². The predicted octanol–water partition coefficient (Wildman–Crippen LogP) is 1.27. The van der Waals surface area contributed by atoms with Gasteiger partial charge in [-0.3, -0.25) is 9.59 Å². The number of carbonyl (C=O) groups is 2. The first-order valence-corrected chi connectivity index (χ1v) is 6.64. The van der Waals surface area contributed by atoms with E-state index >= 15 is 0 Å². The zero-order valence-electron chi connectivity index (χ0n) is 11.5. The molecule has 20 heavy (non-hydrogen) atoms. The highest BCUT2D eigenvalue weighted by molar-refractivity contribution is 5.92. The predicted molar refractivity (Wildman–Crippen MR) is 75.8 cm³/mol. The fraction of sp³-hybridized carbons (Fsp3) is 0.429. The van der Waals surface area contributed by atoms with Crippen molar-refractivity contribution in [3.63, 3.8) is 0 Å². The van der Waals surface area contributed by atoms with Crippen LogP contribution in [0.1, 0.15) is 19.8 Å². The number of halogens is 1. The summed E-state index contributed by atoms with van der Waals surface area (Å²) in [5.74, 6) is -0.710. The van der Waals surface area contributed by atoms with Crippen LogP contribution < -0.4 is 16.0 Å². The number of carbonyl (C=O) groups excluding carboxylic acids is 2. The summed E-state index contributed by atoms with van der Waals surface area (Å²) < 4.78 is 12.9. The minimum atomic E-state index is -0.400. The maximum absolute atomic E-state index is 12.9. The lowest BCUT2D eigenvalue weighted by Gasteiger charge is -2.07. The number of hydrogen-bond acceptors (Lipinski definition) is 3. The van der Waals surface area contributed by atoms with E-state index in [0.717, 1.165) is 6.42 Å². The molecule has 0 atom stereocenters. The number of amides is 2. The smallest absolute Gasteiger partial charge is 0.238 e. The average molecular weight is 281 g/mol. The molecule has 3 N–H and O–H groups in total. The van der Waals surface area contributed by atoms with E-state index in [9.17, 15) is 14.0 Å². The van der Waals surface area contributed by atoms with Gasteiger partial charge < -0.3 is 16.0 Å². The van der Waals surface area contributed by atoms with Gasteiger partial charge in [0.2, 0.25) is 11.8 Å². The summed E-state index contributed by atoms with van der Waals surface area (Å²) in [5, 5.41) is 8.17. The molecule has 5 nitrogen and oxygen atoms in total. The van der Waals surface area contributed by atoms with Crippen LogP contribution in [0.3, 0.4) is 0 Å². The van der Waals surface area contributed by atoms with Crippen molar-refractivity contribution in [3.8, 4) is 0 Å². The highest BCUT2D eigenvalue weighted by Gasteiger charge is 2.04. The summed E-state index contributed by atoms with van der Waals surface area (Å²) in [5.41, 5.74) is 0.414. The van der Waals surface area contributed by atoms with Crippen molar-refractivity contribution in [2.75, 3.05) is 25.0 Å². The van der Waals surface area contributed by atoms with Crippen LogP contribution in [0.25, 0.3) is 0 Å². The lowest BCUT2D eigenvalue weighted by molar-refractivity contribution is -0.121. The normalized spacial score (nSPS) is 10.1. The third kappa shape index (κ3) is 6.84. The molecule has 0 radical (unpaired) electrons. The van der Waals surface area contributed by atoms with Gasteiger partial charge in [0.1, 0.15) is 5.82 Å². The SMILES string of the molecule is CCCNC(=O)CCNCC(=O)Nc1cccc(F)c1. The summed E-state index contributed by atoms with van der Waals surface area (Å²) in [6.07, 6.45) is 1.22. The molecule has 0 aromatic heterocycles. The van der Waals surface area contributed by atoms with Crippen LogP contribution in [0.4, 0.5) is 10.1 Å². The van der Waals surface area contributed by atoms with Gasteiger partial charge in [-0.15, -0.1) is 0 Å². The largest absolute Gasteiger partial charge is 0.356 e. The molecule has 0 aliphatic rings. The van der Waals surface area contributed by atoms with Gasteiger partial charge in [0.05, 0.1) is 6.54 Å². The number of rotatable bonds is 8. The molecule has 0 unspecified atom stereocenters. The first kappa shape index (κ1) is 16.1. The first-order chi connectivity index (χ1) is 9.61. The molecular weight excluding hydrogens is 261 g/mol. The van der Waals surface area contributed by atoms with E-state index in [1.165, 1.54) is 18.2 Å². The molecule has 0 aliphatic carbocycles. The van der Waals surface area contributed by atoms with Crippen molar-refractivity contribution >= 4 is 17.5 Å². The molecule has 1 aromatic carbocycles. The number of benzene rings is 1. The zero-order chi connectivity index (χ0) is 14.8. The lowest BCUT2D eigenvalue weighted by atomic mass is 10.3. The monoisotopic (exact) mass is 281 g/mol. The standard InChI is InChI=1S/C14H20FN3O2/c1-2-7-17-13(19)6-8-16-10-14(20)18-12-5-3-4-11(15)9-12/h3-5,9,16H,2,6-8,10H2,1H3,(H,17,19)(H,18,20). The summed E-state index contributed by atoms with van der Waals surface area (Å²) in [7, 11) is 0. The average Bonchev–Trinajstić information content (AvgIpc) is 2.41. The fourth-order valence-electron chi connectivity index (χ4n) is 1.53. The Hall–Kier alpha value is -1.95. The van der Waals surface area contributed by atoms with Gasteiger partial charge in [-0.2, -0.15) is 0 Å². The molecule has 6 heteroatoms. The van der Waals surface area contributed by atoms with Gasteiger partial charge in [0.15, 0.2) is 0 Å². The van der Waals surface area contributed by atoms with Crippen LogP contribution >= 0.6 is 0 Å². The van der Waals surface area contributed by atoms with Crippen LogP contribution in [-0.4, -0.2) is 31.4 Å². The van der Waals surface area contributed by atoms with E-state index < -0.39 is 5.82 Å². The Morgan fingerprint density at radius 1 is 1.20 bits per heavy atom. The fourth-order valence-corrected chi connectivity index (χ4v) is 1.53. The Kier molecular flexibility index (Phi) is 7.27. The van der Waals surface area contributed by atoms with Crippen molar-refractivity contribution in [1.29, 1.82) is 0 Å². The van der Waals surface area contributed by atoms with Gasteiger partial charge in [0, 0.05) is 25.2 Å². The molecule has 0 saturated carbocycles. The molecule has 0 aliphatic heterocycles. The second-order valence-corrected chi connectivity index (χ2v) is 4.34. The van der Waals surface area contributed by atoms with Gasteiger partial charge in [0.25, 0.3) is 0 Å². The molecule has 1 aromatic rings. The van der Waals surface area contributed by atoms with E-state index in [0.29, 0.717) is 25.2 Å². The Balaban J connectivity index is 2.16. The van der Waals surface area contributed by atoms with Crippen LogP contribution in [0.2, 0.25) is 0 Å². The quantitative estimate of drug-likeness (QED) is 0.628. The molecule has 0 fully saturated rings. The zero-order valence-corrected chi connectivity index (χ0v) is 11.5. The van der Waals surface area contributed by atoms with Gasteiger partial charge >= 0.3 is 0 Å². The van der Waals surface area contributed by atoms with E-state index in [4.69, 9.17) is 0 Å². The molecule has 0 heterocycles. The van der Waals surface area contributed by atoms with Crippen LogP contribution in [0.15, 0.2) is 24.3 Å². The van der Waals surface area contributed by atoms with Crippen LogP contribution in [-0.2, 0) is 9.59 Å².